The molecule has 2 aromatic heterocycles. The first-order valence-corrected chi connectivity index (χ1v) is 7.68. The van der Waals surface area contributed by atoms with Crippen molar-refractivity contribution in [3.05, 3.63) is 76.2 Å². The Morgan fingerprint density at radius 2 is 1.88 bits per heavy atom. The van der Waals surface area contributed by atoms with E-state index >= 15 is 0 Å². The number of hydrazone groups is 1. The van der Waals surface area contributed by atoms with Crippen LogP contribution in [0.25, 0.3) is 11.3 Å². The van der Waals surface area contributed by atoms with Crippen LogP contribution in [0.1, 0.15) is 16.1 Å². The highest BCUT2D eigenvalue weighted by Gasteiger charge is 2.07. The molecule has 0 radical (unpaired) electrons. The lowest BCUT2D eigenvalue weighted by Gasteiger charge is -1.99. The summed E-state index contributed by atoms with van der Waals surface area (Å²) in [5.74, 6) is 0.784. The third kappa shape index (κ3) is 3.82. The standard InChI is InChI=1S/C17H11Cl2N3O2/c18-14-3-1-12(9-15(14)19)16-4-2-13(24-16)10-21-22-17(23)11-5-7-20-8-6-11/h1-10H,(H,22,23)/b21-10+. The Labute approximate surface area is 147 Å². The zero-order valence-electron chi connectivity index (χ0n) is 12.2. The van der Waals surface area contributed by atoms with Crippen LogP contribution in [0.3, 0.4) is 0 Å². The van der Waals surface area contributed by atoms with Crippen molar-refractivity contribution in [3.8, 4) is 11.3 Å². The number of rotatable bonds is 4. The van der Waals surface area contributed by atoms with Crippen molar-refractivity contribution >= 4 is 35.3 Å². The molecule has 0 saturated heterocycles. The van der Waals surface area contributed by atoms with Crippen LogP contribution in [-0.2, 0) is 0 Å². The molecule has 0 aliphatic heterocycles. The van der Waals surface area contributed by atoms with E-state index in [0.717, 1.165) is 5.56 Å². The van der Waals surface area contributed by atoms with Gasteiger partial charge in [-0.1, -0.05) is 23.2 Å². The Balaban J connectivity index is 1.67. The lowest BCUT2D eigenvalue weighted by Crippen LogP contribution is -2.17. The van der Waals surface area contributed by atoms with Gasteiger partial charge in [-0.15, -0.1) is 0 Å². The van der Waals surface area contributed by atoms with Gasteiger partial charge in [-0.05, 0) is 42.5 Å². The number of pyridine rings is 1. The van der Waals surface area contributed by atoms with E-state index in [0.29, 0.717) is 27.1 Å². The molecule has 0 bridgehead atoms. The van der Waals surface area contributed by atoms with E-state index < -0.39 is 0 Å². The first kappa shape index (κ1) is 16.2. The molecule has 1 aromatic carbocycles. The van der Waals surface area contributed by atoms with E-state index in [1.54, 1.807) is 42.5 Å². The molecule has 2 heterocycles. The number of hydrogen-bond donors (Lipinski definition) is 1. The molecule has 0 atom stereocenters. The summed E-state index contributed by atoms with van der Waals surface area (Å²) in [5, 5.41) is 4.80. The van der Waals surface area contributed by atoms with Crippen molar-refractivity contribution in [3.63, 3.8) is 0 Å². The lowest BCUT2D eigenvalue weighted by molar-refractivity contribution is 0.0955. The van der Waals surface area contributed by atoms with Gasteiger partial charge in [0.05, 0.1) is 16.3 Å². The fraction of sp³-hybridized carbons (Fsp3) is 0. The summed E-state index contributed by atoms with van der Waals surface area (Å²) in [6, 6.07) is 11.9. The fourth-order valence-corrected chi connectivity index (χ4v) is 2.25. The number of hydrogen-bond acceptors (Lipinski definition) is 4. The van der Waals surface area contributed by atoms with Crippen molar-refractivity contribution in [2.24, 2.45) is 5.10 Å². The molecule has 0 unspecified atom stereocenters. The number of benzene rings is 1. The average Bonchev–Trinajstić information content (AvgIpc) is 3.07. The summed E-state index contributed by atoms with van der Waals surface area (Å²) in [7, 11) is 0. The maximum absolute atomic E-state index is 11.8. The maximum Gasteiger partial charge on any atom is 0.271 e. The van der Waals surface area contributed by atoms with Crippen molar-refractivity contribution in [2.75, 3.05) is 0 Å². The lowest BCUT2D eigenvalue weighted by atomic mass is 10.2. The number of nitrogens with zero attached hydrogens (tertiary/aromatic N) is 2. The summed E-state index contributed by atoms with van der Waals surface area (Å²) >= 11 is 11.9. The molecule has 0 saturated carbocycles. The second-order valence-electron chi connectivity index (χ2n) is 4.77. The van der Waals surface area contributed by atoms with Crippen LogP contribution in [0.5, 0.6) is 0 Å². The van der Waals surface area contributed by atoms with E-state index in [1.807, 2.05) is 0 Å². The third-order valence-electron chi connectivity index (χ3n) is 3.13. The normalized spacial score (nSPS) is 10.9. The summed E-state index contributed by atoms with van der Waals surface area (Å²) in [6.07, 6.45) is 4.49. The highest BCUT2D eigenvalue weighted by atomic mass is 35.5. The molecule has 0 spiro atoms. The van der Waals surface area contributed by atoms with Crippen LogP contribution in [0.15, 0.2) is 64.4 Å². The number of nitrogens with one attached hydrogen (secondary N) is 1. The van der Waals surface area contributed by atoms with Gasteiger partial charge in [0.25, 0.3) is 5.91 Å². The first-order valence-electron chi connectivity index (χ1n) is 6.92. The molecule has 0 fully saturated rings. The summed E-state index contributed by atoms with van der Waals surface area (Å²) in [6.45, 7) is 0. The number of furan rings is 1. The number of carbonyl (C=O) groups excluding carboxylic acids is 1. The molecular formula is C17H11Cl2N3O2. The minimum Gasteiger partial charge on any atom is -0.455 e. The maximum atomic E-state index is 11.8. The van der Waals surface area contributed by atoms with Crippen molar-refractivity contribution in [2.45, 2.75) is 0 Å². The van der Waals surface area contributed by atoms with Crippen LogP contribution in [0, 0.1) is 0 Å². The molecule has 24 heavy (non-hydrogen) atoms. The minimum absolute atomic E-state index is 0.329. The second kappa shape index (κ2) is 7.29. The van der Waals surface area contributed by atoms with Crippen molar-refractivity contribution in [1.82, 2.24) is 10.4 Å². The zero-order valence-corrected chi connectivity index (χ0v) is 13.8. The Morgan fingerprint density at radius 1 is 1.08 bits per heavy atom. The zero-order chi connectivity index (χ0) is 16.9. The van der Waals surface area contributed by atoms with Crippen LogP contribution in [-0.4, -0.2) is 17.1 Å². The highest BCUT2D eigenvalue weighted by molar-refractivity contribution is 6.42. The van der Waals surface area contributed by atoms with Crippen LogP contribution in [0.4, 0.5) is 0 Å². The predicted molar refractivity (Wildman–Crippen MR) is 93.5 cm³/mol. The van der Waals surface area contributed by atoms with Crippen LogP contribution in [0.2, 0.25) is 10.0 Å². The SMILES string of the molecule is O=C(N/N=C/c1ccc(-c2ccc(Cl)c(Cl)c2)o1)c1ccncc1. The van der Waals surface area contributed by atoms with E-state index in [1.165, 1.54) is 18.6 Å². The summed E-state index contributed by atoms with van der Waals surface area (Å²) in [4.78, 5) is 15.7. The molecule has 0 aliphatic rings. The number of amides is 1. The van der Waals surface area contributed by atoms with Crippen LogP contribution >= 0.6 is 23.2 Å². The van der Waals surface area contributed by atoms with Gasteiger partial charge >= 0.3 is 0 Å². The summed E-state index contributed by atoms with van der Waals surface area (Å²) in [5.41, 5.74) is 3.68. The van der Waals surface area contributed by atoms with Gasteiger partial charge in [0.1, 0.15) is 11.5 Å². The Kier molecular flexibility index (Phi) is 4.93. The van der Waals surface area contributed by atoms with E-state index in [9.17, 15) is 4.79 Å². The molecule has 120 valence electrons. The van der Waals surface area contributed by atoms with Crippen molar-refractivity contribution < 1.29 is 9.21 Å². The van der Waals surface area contributed by atoms with Gasteiger partial charge in [0, 0.05) is 23.5 Å². The molecule has 7 heteroatoms. The molecule has 3 rings (SSSR count). The Morgan fingerprint density at radius 3 is 2.62 bits per heavy atom. The summed E-state index contributed by atoms with van der Waals surface area (Å²) < 4.78 is 5.64. The van der Waals surface area contributed by atoms with Gasteiger partial charge in [0.2, 0.25) is 0 Å². The van der Waals surface area contributed by atoms with Gasteiger partial charge in [-0.25, -0.2) is 5.43 Å². The molecule has 1 amide bonds. The highest BCUT2D eigenvalue weighted by Crippen LogP contribution is 2.29. The number of halogens is 2. The molecule has 1 N–H and O–H groups in total. The van der Waals surface area contributed by atoms with E-state index in [-0.39, 0.29) is 5.91 Å². The topological polar surface area (TPSA) is 67.5 Å². The largest absolute Gasteiger partial charge is 0.455 e. The van der Waals surface area contributed by atoms with E-state index in [2.05, 4.69) is 15.5 Å². The van der Waals surface area contributed by atoms with E-state index in [4.69, 9.17) is 27.6 Å². The predicted octanol–water partition coefficient (Wildman–Crippen LogP) is 4.41. The Hall–Kier alpha value is -2.63. The fourth-order valence-electron chi connectivity index (χ4n) is 1.95. The average molecular weight is 360 g/mol. The first-order chi connectivity index (χ1) is 11.6. The smallest absolute Gasteiger partial charge is 0.271 e. The molecule has 0 aliphatic carbocycles. The minimum atomic E-state index is -0.329. The molecule has 3 aromatic rings. The van der Waals surface area contributed by atoms with Crippen molar-refractivity contribution in [1.29, 1.82) is 0 Å². The second-order valence-corrected chi connectivity index (χ2v) is 5.58. The van der Waals surface area contributed by atoms with Gasteiger partial charge in [0.15, 0.2) is 0 Å². The quantitative estimate of drug-likeness (QED) is 0.554. The van der Waals surface area contributed by atoms with Crippen LogP contribution < -0.4 is 5.43 Å². The van der Waals surface area contributed by atoms with Gasteiger partial charge in [-0.2, -0.15) is 5.10 Å². The van der Waals surface area contributed by atoms with Gasteiger partial charge in [-0.3, -0.25) is 9.78 Å². The monoisotopic (exact) mass is 359 g/mol. The third-order valence-corrected chi connectivity index (χ3v) is 3.87. The van der Waals surface area contributed by atoms with Gasteiger partial charge < -0.3 is 4.42 Å². The number of aromatic nitrogens is 1. The molecule has 5 nitrogen and oxygen atoms in total. The molecular weight excluding hydrogens is 349 g/mol. The number of carbonyl (C=O) groups is 1. The Bertz CT molecular complexity index is 892.